The van der Waals surface area contributed by atoms with Crippen LogP contribution in [0.15, 0.2) is 24.5 Å². The van der Waals surface area contributed by atoms with Gasteiger partial charge in [-0.25, -0.2) is 4.79 Å². The molecular weight excluding hydrogens is 440 g/mol. The summed E-state index contributed by atoms with van der Waals surface area (Å²) >= 11 is 0. The van der Waals surface area contributed by atoms with Crippen LogP contribution in [0.2, 0.25) is 0 Å². The maximum atomic E-state index is 12.2. The Kier molecular flexibility index (Phi) is 6.39. The molecule has 0 N–H and O–H groups in total. The number of piperazine rings is 1. The molecule has 1 aromatic carbocycles. The molecule has 0 saturated carbocycles. The Morgan fingerprint density at radius 1 is 1.18 bits per heavy atom. The quantitative estimate of drug-likeness (QED) is 0.483. The first-order chi connectivity index (χ1) is 16.1. The minimum atomic E-state index is -0.494. The molecule has 2 saturated heterocycles. The second-order valence-electron chi connectivity index (χ2n) is 9.76. The van der Waals surface area contributed by atoms with Gasteiger partial charge in [-0.1, -0.05) is 0 Å². The van der Waals surface area contributed by atoms with Crippen LogP contribution >= 0.6 is 0 Å². The Bertz CT molecular complexity index is 1060. The van der Waals surface area contributed by atoms with E-state index in [1.54, 1.807) is 27.9 Å². The highest BCUT2D eigenvalue weighted by Crippen LogP contribution is 2.40. The number of carbonyl (C=O) groups is 1. The van der Waals surface area contributed by atoms with Crippen LogP contribution in [0.5, 0.6) is 5.75 Å². The zero-order chi connectivity index (χ0) is 24.6. The number of rotatable bonds is 5. The van der Waals surface area contributed by atoms with Gasteiger partial charge in [-0.05, 0) is 20.8 Å². The number of amides is 1. The summed E-state index contributed by atoms with van der Waals surface area (Å²) in [6.07, 6.45) is 3.30. The number of hydrogen-bond acceptors (Lipinski definition) is 8. The van der Waals surface area contributed by atoms with Crippen LogP contribution in [-0.4, -0.2) is 88.6 Å². The van der Waals surface area contributed by atoms with E-state index in [4.69, 9.17) is 9.47 Å². The topological polar surface area (TPSA) is 106 Å². The number of hydrogen-bond donors (Lipinski definition) is 0. The van der Waals surface area contributed by atoms with Crippen LogP contribution in [0, 0.1) is 10.1 Å². The van der Waals surface area contributed by atoms with E-state index < -0.39 is 10.5 Å². The standard InChI is InChI=1S/C23H32N6O5/c1-23(2,3)34-22(30)28-14-17(15-28)26-6-8-27(9-7-26)19-11-21(33-5)20(29(31)32)10-18(19)16-12-24-25(4)13-16/h10-13,17H,6-9,14-15H2,1-5H3. The molecule has 2 aliphatic heterocycles. The molecule has 3 heterocycles. The van der Waals surface area contributed by atoms with Crippen molar-refractivity contribution in [3.63, 3.8) is 0 Å². The van der Waals surface area contributed by atoms with Crippen molar-refractivity contribution in [2.75, 3.05) is 51.3 Å². The lowest BCUT2D eigenvalue weighted by atomic mass is 10.0. The largest absolute Gasteiger partial charge is 0.490 e. The zero-order valence-corrected chi connectivity index (χ0v) is 20.4. The third-order valence-electron chi connectivity index (χ3n) is 6.20. The average Bonchev–Trinajstić information content (AvgIpc) is 3.17. The van der Waals surface area contributed by atoms with E-state index in [0.29, 0.717) is 19.1 Å². The second-order valence-corrected chi connectivity index (χ2v) is 9.76. The van der Waals surface area contributed by atoms with Crippen LogP contribution in [0.3, 0.4) is 0 Å². The van der Waals surface area contributed by atoms with E-state index in [0.717, 1.165) is 43.0 Å². The number of ether oxygens (including phenoxy) is 2. The molecule has 184 valence electrons. The van der Waals surface area contributed by atoms with Crippen LogP contribution < -0.4 is 9.64 Å². The summed E-state index contributed by atoms with van der Waals surface area (Å²) in [5.41, 5.74) is 1.90. The van der Waals surface area contributed by atoms with Crippen molar-refractivity contribution in [1.29, 1.82) is 0 Å². The smallest absolute Gasteiger partial charge is 0.410 e. The second kappa shape index (κ2) is 9.13. The third kappa shape index (κ3) is 4.93. The molecule has 11 heteroatoms. The van der Waals surface area contributed by atoms with Gasteiger partial charge in [-0.3, -0.25) is 19.7 Å². The van der Waals surface area contributed by atoms with E-state index >= 15 is 0 Å². The summed E-state index contributed by atoms with van der Waals surface area (Å²) in [5, 5.41) is 15.9. The monoisotopic (exact) mass is 472 g/mol. The van der Waals surface area contributed by atoms with Gasteiger partial charge in [-0.15, -0.1) is 0 Å². The summed E-state index contributed by atoms with van der Waals surface area (Å²) < 4.78 is 12.5. The summed E-state index contributed by atoms with van der Waals surface area (Å²) in [6, 6.07) is 3.64. The molecule has 0 unspecified atom stereocenters. The normalized spacial score (nSPS) is 17.4. The fraction of sp³-hybridized carbons (Fsp3) is 0.565. The van der Waals surface area contributed by atoms with Crippen molar-refractivity contribution in [2.45, 2.75) is 32.4 Å². The van der Waals surface area contributed by atoms with Crippen molar-refractivity contribution < 1.29 is 19.2 Å². The molecule has 1 aromatic heterocycles. The molecule has 2 aromatic rings. The van der Waals surface area contributed by atoms with Gasteiger partial charge < -0.3 is 19.3 Å². The van der Waals surface area contributed by atoms with Gasteiger partial charge in [0.05, 0.1) is 18.2 Å². The van der Waals surface area contributed by atoms with Crippen molar-refractivity contribution >= 4 is 17.5 Å². The number of carbonyl (C=O) groups excluding carboxylic acids is 1. The van der Waals surface area contributed by atoms with Crippen molar-refractivity contribution in [3.05, 3.63) is 34.6 Å². The molecule has 0 radical (unpaired) electrons. The van der Waals surface area contributed by atoms with Gasteiger partial charge in [0.2, 0.25) is 0 Å². The van der Waals surface area contributed by atoms with Crippen molar-refractivity contribution in [1.82, 2.24) is 19.6 Å². The number of likely N-dealkylation sites (tertiary alicyclic amines) is 1. The highest BCUT2D eigenvalue weighted by molar-refractivity contribution is 5.82. The Hall–Kier alpha value is -3.34. The molecule has 2 fully saturated rings. The lowest BCUT2D eigenvalue weighted by molar-refractivity contribution is -0.385. The van der Waals surface area contributed by atoms with E-state index in [2.05, 4.69) is 14.9 Å². The number of benzene rings is 1. The first kappa shape index (κ1) is 23.8. The molecule has 11 nitrogen and oxygen atoms in total. The Balaban J connectivity index is 1.46. The molecule has 34 heavy (non-hydrogen) atoms. The number of aryl methyl sites for hydroxylation is 1. The van der Waals surface area contributed by atoms with Gasteiger partial charge in [0, 0.05) is 87.5 Å². The van der Waals surface area contributed by atoms with E-state index in [9.17, 15) is 14.9 Å². The number of methoxy groups -OCH3 is 1. The van der Waals surface area contributed by atoms with Crippen molar-refractivity contribution in [2.24, 2.45) is 7.05 Å². The van der Waals surface area contributed by atoms with Crippen LogP contribution in [0.25, 0.3) is 11.1 Å². The first-order valence-electron chi connectivity index (χ1n) is 11.4. The van der Waals surface area contributed by atoms with Crippen molar-refractivity contribution in [3.8, 4) is 16.9 Å². The van der Waals surface area contributed by atoms with Gasteiger partial charge in [0.25, 0.3) is 0 Å². The highest BCUT2D eigenvalue weighted by Gasteiger charge is 2.38. The molecule has 0 aliphatic carbocycles. The lowest BCUT2D eigenvalue weighted by Crippen LogP contribution is -2.64. The molecule has 1 amide bonds. The maximum absolute atomic E-state index is 12.2. The van der Waals surface area contributed by atoms with Gasteiger partial charge in [0.15, 0.2) is 5.75 Å². The van der Waals surface area contributed by atoms with Crippen LogP contribution in [-0.2, 0) is 11.8 Å². The maximum Gasteiger partial charge on any atom is 0.410 e. The molecule has 0 spiro atoms. The summed E-state index contributed by atoms with van der Waals surface area (Å²) in [7, 11) is 3.26. The fourth-order valence-corrected chi connectivity index (χ4v) is 4.41. The molecular formula is C23H32N6O5. The molecule has 0 bridgehead atoms. The van der Waals surface area contributed by atoms with E-state index in [-0.39, 0.29) is 17.5 Å². The number of nitro benzene ring substituents is 1. The SMILES string of the molecule is COc1cc(N2CCN(C3CN(C(=O)OC(C)(C)C)C3)CC2)c(-c2cnn(C)c2)cc1[N+](=O)[O-]. The Morgan fingerprint density at radius 3 is 2.38 bits per heavy atom. The Labute approximate surface area is 199 Å². The average molecular weight is 473 g/mol. The number of nitrogens with zero attached hydrogens (tertiary/aromatic N) is 6. The first-order valence-corrected chi connectivity index (χ1v) is 11.4. The molecule has 2 aliphatic rings. The summed E-state index contributed by atoms with van der Waals surface area (Å²) in [4.78, 5) is 29.8. The number of anilines is 1. The predicted octanol–water partition coefficient (Wildman–Crippen LogP) is 2.75. The number of nitro groups is 1. The Morgan fingerprint density at radius 2 is 1.85 bits per heavy atom. The molecule has 4 rings (SSSR count). The third-order valence-corrected chi connectivity index (χ3v) is 6.20. The van der Waals surface area contributed by atoms with Gasteiger partial charge in [-0.2, -0.15) is 5.10 Å². The number of aromatic nitrogens is 2. The minimum Gasteiger partial charge on any atom is -0.490 e. The zero-order valence-electron chi connectivity index (χ0n) is 20.4. The molecule has 0 atom stereocenters. The lowest BCUT2D eigenvalue weighted by Gasteiger charge is -2.48. The fourth-order valence-electron chi connectivity index (χ4n) is 4.41. The van der Waals surface area contributed by atoms with Gasteiger partial charge >= 0.3 is 11.8 Å². The van der Waals surface area contributed by atoms with Crippen LogP contribution in [0.4, 0.5) is 16.2 Å². The van der Waals surface area contributed by atoms with E-state index in [1.165, 1.54) is 7.11 Å². The van der Waals surface area contributed by atoms with Crippen LogP contribution in [0.1, 0.15) is 20.8 Å². The van der Waals surface area contributed by atoms with Gasteiger partial charge in [0.1, 0.15) is 5.60 Å². The highest BCUT2D eigenvalue weighted by atomic mass is 16.6. The predicted molar refractivity (Wildman–Crippen MR) is 127 cm³/mol. The van der Waals surface area contributed by atoms with E-state index in [1.807, 2.05) is 34.0 Å². The summed E-state index contributed by atoms with van der Waals surface area (Å²) in [5.74, 6) is 0.238. The minimum absolute atomic E-state index is 0.0690. The summed E-state index contributed by atoms with van der Waals surface area (Å²) in [6.45, 7) is 10.1.